The zero-order valence-corrected chi connectivity index (χ0v) is 21.1. The summed E-state index contributed by atoms with van der Waals surface area (Å²) >= 11 is 6.16. The monoisotopic (exact) mass is 549 g/mol. The molecule has 0 aliphatic heterocycles. The summed E-state index contributed by atoms with van der Waals surface area (Å²) < 4.78 is 59.0. The summed E-state index contributed by atoms with van der Waals surface area (Å²) in [6.07, 6.45) is 4.08. The molecule has 0 aliphatic carbocycles. The summed E-state index contributed by atoms with van der Waals surface area (Å²) in [5.41, 5.74) is 6.40. The van der Waals surface area contributed by atoms with E-state index in [9.17, 15) is 6.17 Å². The van der Waals surface area contributed by atoms with E-state index in [0.717, 1.165) is 0 Å². The van der Waals surface area contributed by atoms with Crippen molar-refractivity contribution in [2.75, 3.05) is 11.1 Å². The number of benzene rings is 1. The standard InChI is InChI=1S/C25H23ClN12O/c1-12-7-15(13(2)31-17-5-6-18(26)32-20(17)22-33-35-37(4)34-22)21-16(8-12)24(39)36(3)23-19(30-11-38(21)23)14-9-28-25(27)29-10-14/h5-11,13,31H,1-4H3,(H2,27,28,29)/i3D3,4D3,13D. The predicted molar refractivity (Wildman–Crippen MR) is 147 cm³/mol. The maximum atomic E-state index is 14.0. The fourth-order valence-corrected chi connectivity index (χ4v) is 4.52. The van der Waals surface area contributed by atoms with Crippen LogP contribution in [0.2, 0.25) is 5.15 Å². The average Bonchev–Trinajstić information content (AvgIpc) is 3.62. The topological polar surface area (TPSA) is 160 Å². The molecule has 0 bridgehead atoms. The highest BCUT2D eigenvalue weighted by atomic mass is 35.5. The van der Waals surface area contributed by atoms with Crippen molar-refractivity contribution in [3.05, 3.63) is 69.6 Å². The minimum Gasteiger partial charge on any atom is -0.377 e. The highest BCUT2D eigenvalue weighted by molar-refractivity contribution is 6.29. The minimum atomic E-state index is -2.91. The van der Waals surface area contributed by atoms with E-state index in [1.807, 2.05) is 0 Å². The van der Waals surface area contributed by atoms with Gasteiger partial charge in [0.15, 0.2) is 0 Å². The number of fused-ring (bicyclic) bond motifs is 3. The van der Waals surface area contributed by atoms with Crippen LogP contribution in [0.3, 0.4) is 0 Å². The number of nitrogens with two attached hydrogens (primary N) is 1. The third-order valence-corrected chi connectivity index (χ3v) is 6.25. The van der Waals surface area contributed by atoms with E-state index in [0.29, 0.717) is 20.5 Å². The first-order valence-corrected chi connectivity index (χ1v) is 11.7. The van der Waals surface area contributed by atoms with Crippen LogP contribution in [-0.2, 0) is 14.0 Å². The van der Waals surface area contributed by atoms with Gasteiger partial charge in [0.1, 0.15) is 28.5 Å². The zero-order chi connectivity index (χ0) is 33.3. The van der Waals surface area contributed by atoms with Crippen molar-refractivity contribution in [3.8, 4) is 22.8 Å². The summed E-state index contributed by atoms with van der Waals surface area (Å²) in [4.78, 5) is 31.1. The first kappa shape index (κ1) is 17.6. The van der Waals surface area contributed by atoms with Crippen LogP contribution in [0.4, 0.5) is 11.6 Å². The largest absolute Gasteiger partial charge is 0.377 e. The Kier molecular flexibility index (Phi) is 4.11. The van der Waals surface area contributed by atoms with Crippen LogP contribution in [-0.4, -0.2) is 49.1 Å². The van der Waals surface area contributed by atoms with Gasteiger partial charge in [-0.15, -0.1) is 10.2 Å². The van der Waals surface area contributed by atoms with Crippen molar-refractivity contribution in [1.29, 1.82) is 0 Å². The van der Waals surface area contributed by atoms with Gasteiger partial charge in [-0.3, -0.25) is 13.8 Å². The molecule has 1 atom stereocenters. The second kappa shape index (κ2) is 9.13. The molecule has 5 aromatic heterocycles. The molecule has 0 radical (unpaired) electrons. The Hall–Kier alpha value is -4.91. The van der Waals surface area contributed by atoms with E-state index in [4.69, 9.17) is 25.6 Å². The lowest BCUT2D eigenvalue weighted by Crippen LogP contribution is -2.21. The van der Waals surface area contributed by atoms with E-state index < -0.39 is 25.5 Å². The Labute approximate surface area is 236 Å². The number of nitrogens with one attached hydrogen (secondary N) is 1. The number of nitrogens with zero attached hydrogens (tertiary/aromatic N) is 10. The number of anilines is 2. The van der Waals surface area contributed by atoms with Crippen LogP contribution in [0.1, 0.15) is 33.7 Å². The molecule has 0 saturated carbocycles. The summed E-state index contributed by atoms with van der Waals surface area (Å²) in [5.74, 6) is -0.175. The van der Waals surface area contributed by atoms with E-state index in [1.165, 1.54) is 48.2 Å². The summed E-state index contributed by atoms with van der Waals surface area (Å²) in [6.45, 7) is -2.39. The third kappa shape index (κ3) is 4.12. The number of tetrazole rings is 1. The molecule has 39 heavy (non-hydrogen) atoms. The van der Waals surface area contributed by atoms with Crippen molar-refractivity contribution in [3.63, 3.8) is 0 Å². The maximum Gasteiger partial charge on any atom is 0.261 e. The second-order valence-electron chi connectivity index (χ2n) is 8.65. The molecule has 14 heteroatoms. The van der Waals surface area contributed by atoms with Crippen molar-refractivity contribution >= 4 is 39.8 Å². The number of rotatable bonds is 5. The van der Waals surface area contributed by atoms with E-state index in [2.05, 4.69) is 40.7 Å². The van der Waals surface area contributed by atoms with Gasteiger partial charge >= 0.3 is 0 Å². The van der Waals surface area contributed by atoms with Crippen molar-refractivity contribution in [2.24, 2.45) is 14.0 Å². The van der Waals surface area contributed by atoms with Crippen LogP contribution in [0.5, 0.6) is 0 Å². The Morgan fingerprint density at radius 1 is 1.15 bits per heavy atom. The number of hydrogen-bond acceptors (Lipinski definition) is 10. The molecule has 6 rings (SSSR count). The first-order chi connectivity index (χ1) is 21.5. The number of hydrogen-bond donors (Lipinski definition) is 2. The Morgan fingerprint density at radius 3 is 2.72 bits per heavy atom. The second-order valence-corrected chi connectivity index (χ2v) is 9.04. The van der Waals surface area contributed by atoms with Crippen LogP contribution in [0, 0.1) is 6.92 Å². The SMILES string of the molecule is [2H]C(C)(Nc1ccc(Cl)nc1-c1nnn(C([2H])([2H])[2H])n1)c1cc(C)cc2c(=O)n(C([2H])([2H])[2H])c3c(-c4cnc(N)nc4)ncn3c12. The molecule has 0 spiro atoms. The summed E-state index contributed by atoms with van der Waals surface area (Å²) in [6, 6.07) is 4.43. The molecule has 0 amide bonds. The van der Waals surface area contributed by atoms with Gasteiger partial charge in [0.05, 0.1) is 31.0 Å². The Bertz CT molecular complexity index is 2200. The lowest BCUT2D eigenvalue weighted by atomic mass is 10.0. The molecular formula is C25H23ClN12O. The van der Waals surface area contributed by atoms with E-state index in [-0.39, 0.29) is 56.1 Å². The lowest BCUT2D eigenvalue weighted by Gasteiger charge is -2.21. The quantitative estimate of drug-likeness (QED) is 0.306. The van der Waals surface area contributed by atoms with Gasteiger partial charge < -0.3 is 11.1 Å². The average molecular weight is 550 g/mol. The molecule has 5 heterocycles. The highest BCUT2D eigenvalue weighted by Gasteiger charge is 2.22. The maximum absolute atomic E-state index is 14.0. The van der Waals surface area contributed by atoms with Crippen LogP contribution in [0.15, 0.2) is 47.8 Å². The molecule has 13 nitrogen and oxygen atoms in total. The number of imidazole rings is 1. The fourth-order valence-electron chi connectivity index (χ4n) is 4.37. The summed E-state index contributed by atoms with van der Waals surface area (Å²) in [7, 11) is 0. The number of nitrogen functional groups attached to an aromatic ring is 1. The number of aromatic nitrogens is 10. The molecule has 196 valence electrons. The minimum absolute atomic E-state index is 0.00746. The molecule has 3 N–H and O–H groups in total. The highest BCUT2D eigenvalue weighted by Crippen LogP contribution is 2.33. The van der Waals surface area contributed by atoms with Gasteiger partial charge in [0, 0.05) is 33.2 Å². The summed E-state index contributed by atoms with van der Waals surface area (Å²) in [5, 5.41) is 14.5. The number of pyridine rings is 1. The normalized spacial score (nSPS) is 16.4. The number of halogens is 1. The fraction of sp³-hybridized carbons (Fsp3) is 0.200. The zero-order valence-electron chi connectivity index (χ0n) is 27.4. The predicted octanol–water partition coefficient (Wildman–Crippen LogP) is 2.95. The molecule has 0 saturated heterocycles. The Morgan fingerprint density at radius 2 is 1.97 bits per heavy atom. The van der Waals surface area contributed by atoms with Gasteiger partial charge in [-0.05, 0) is 48.4 Å². The molecular weight excluding hydrogens is 520 g/mol. The van der Waals surface area contributed by atoms with Crippen LogP contribution < -0.4 is 16.6 Å². The van der Waals surface area contributed by atoms with E-state index in [1.54, 1.807) is 13.0 Å². The van der Waals surface area contributed by atoms with Crippen LogP contribution >= 0.6 is 11.6 Å². The molecule has 0 aliphatic rings. The number of aryl methyl sites for hydroxylation is 3. The molecule has 0 fully saturated rings. The van der Waals surface area contributed by atoms with Gasteiger partial charge in [-0.25, -0.2) is 19.9 Å². The van der Waals surface area contributed by atoms with Crippen molar-refractivity contribution in [1.82, 2.24) is 49.1 Å². The molecule has 1 unspecified atom stereocenters. The Balaban J connectivity index is 1.60. The third-order valence-electron chi connectivity index (χ3n) is 6.04. The van der Waals surface area contributed by atoms with Gasteiger partial charge in [0.25, 0.3) is 5.56 Å². The van der Waals surface area contributed by atoms with E-state index >= 15 is 0 Å². The lowest BCUT2D eigenvalue weighted by molar-refractivity contribution is 0.630. The molecule has 6 aromatic rings. The van der Waals surface area contributed by atoms with Gasteiger partial charge in [-0.2, -0.15) is 4.80 Å². The smallest absolute Gasteiger partial charge is 0.261 e. The van der Waals surface area contributed by atoms with Gasteiger partial charge in [-0.1, -0.05) is 17.7 Å². The van der Waals surface area contributed by atoms with Crippen molar-refractivity contribution in [2.45, 2.75) is 19.9 Å². The van der Waals surface area contributed by atoms with Crippen LogP contribution in [0.25, 0.3) is 39.3 Å². The van der Waals surface area contributed by atoms with Gasteiger partial charge in [0.2, 0.25) is 11.8 Å². The first-order valence-electron chi connectivity index (χ1n) is 14.9. The van der Waals surface area contributed by atoms with Crippen molar-refractivity contribution < 1.29 is 9.60 Å². The molecule has 1 aromatic carbocycles.